The molecule has 0 spiro atoms. The molecule has 0 saturated heterocycles. The van der Waals surface area contributed by atoms with Crippen molar-refractivity contribution in [2.24, 2.45) is 0 Å². The lowest BCUT2D eigenvalue weighted by Crippen LogP contribution is -2.14. The molecule has 1 atom stereocenters. The largest absolute Gasteiger partial charge is 0.483 e. The minimum absolute atomic E-state index is 0.103. The summed E-state index contributed by atoms with van der Waals surface area (Å²) in [7, 11) is 0. The maximum absolute atomic E-state index is 6.03. The summed E-state index contributed by atoms with van der Waals surface area (Å²) in [4.78, 5) is 6.08. The fourth-order valence-corrected chi connectivity index (χ4v) is 3.64. The summed E-state index contributed by atoms with van der Waals surface area (Å²) < 4.78 is 6.03. The Labute approximate surface area is 123 Å². The molecule has 104 valence electrons. The smallest absolute Gasteiger partial charge is 0.154 e. The Morgan fingerprint density at radius 2 is 2.20 bits per heavy atom. The number of fused-ring (bicyclic) bond motifs is 1. The van der Waals surface area contributed by atoms with Gasteiger partial charge in [-0.2, -0.15) is 0 Å². The third kappa shape index (κ3) is 2.34. The molecular formula is C16H18N2OS. The maximum Gasteiger partial charge on any atom is 0.154 e. The Bertz CT molecular complexity index is 608. The monoisotopic (exact) mass is 286 g/mol. The number of aromatic nitrogens is 1. The molecule has 4 rings (SSSR count). The highest BCUT2D eigenvalue weighted by molar-refractivity contribution is 7.11. The average Bonchev–Trinajstić information content (AvgIpc) is 3.06. The molecule has 1 fully saturated rings. The Morgan fingerprint density at radius 3 is 3.00 bits per heavy atom. The van der Waals surface area contributed by atoms with Crippen LogP contribution in [0.25, 0.3) is 0 Å². The van der Waals surface area contributed by atoms with Gasteiger partial charge in [0.05, 0.1) is 5.69 Å². The zero-order chi connectivity index (χ0) is 13.5. The van der Waals surface area contributed by atoms with E-state index in [1.54, 1.807) is 11.3 Å². The summed E-state index contributed by atoms with van der Waals surface area (Å²) in [5, 5.41) is 4.68. The van der Waals surface area contributed by atoms with Crippen LogP contribution < -0.4 is 10.1 Å². The summed E-state index contributed by atoms with van der Waals surface area (Å²) in [6.07, 6.45) is 3.70. The highest BCUT2D eigenvalue weighted by Gasteiger charge is 2.27. The van der Waals surface area contributed by atoms with E-state index >= 15 is 0 Å². The molecular weight excluding hydrogens is 268 g/mol. The van der Waals surface area contributed by atoms with Gasteiger partial charge in [0.1, 0.15) is 10.8 Å². The first-order chi connectivity index (χ1) is 9.79. The van der Waals surface area contributed by atoms with Crippen LogP contribution in [0.1, 0.15) is 40.1 Å². The second-order valence-corrected chi connectivity index (χ2v) is 6.75. The van der Waals surface area contributed by atoms with Gasteiger partial charge in [-0.1, -0.05) is 18.2 Å². The van der Waals surface area contributed by atoms with Gasteiger partial charge in [-0.25, -0.2) is 4.98 Å². The van der Waals surface area contributed by atoms with Crippen molar-refractivity contribution >= 4 is 11.3 Å². The van der Waals surface area contributed by atoms with E-state index in [4.69, 9.17) is 9.72 Å². The number of para-hydroxylation sites is 1. The van der Waals surface area contributed by atoms with Gasteiger partial charge in [-0.15, -0.1) is 11.3 Å². The number of thiazole rings is 1. The zero-order valence-corrected chi connectivity index (χ0v) is 12.4. The number of hydrogen-bond acceptors (Lipinski definition) is 4. The lowest BCUT2D eigenvalue weighted by molar-refractivity contribution is 0.238. The molecule has 20 heavy (non-hydrogen) atoms. The van der Waals surface area contributed by atoms with Gasteiger partial charge in [-0.05, 0) is 31.4 Å². The maximum atomic E-state index is 6.03. The van der Waals surface area contributed by atoms with E-state index in [0.717, 1.165) is 35.5 Å². The van der Waals surface area contributed by atoms with Crippen LogP contribution in [-0.2, 0) is 13.0 Å². The van der Waals surface area contributed by atoms with Crippen LogP contribution in [0.15, 0.2) is 24.3 Å². The SMILES string of the molecule is Cc1nc(C2Cc3ccccc3O2)sc1CNC1CC1. The summed E-state index contributed by atoms with van der Waals surface area (Å²) in [5.74, 6) is 1.02. The van der Waals surface area contributed by atoms with Crippen molar-refractivity contribution in [2.75, 3.05) is 0 Å². The van der Waals surface area contributed by atoms with Crippen LogP contribution in [0.3, 0.4) is 0 Å². The van der Waals surface area contributed by atoms with E-state index in [1.165, 1.54) is 23.3 Å². The number of ether oxygens (including phenoxy) is 1. The van der Waals surface area contributed by atoms with Crippen LogP contribution in [0.2, 0.25) is 0 Å². The van der Waals surface area contributed by atoms with Crippen molar-refractivity contribution in [3.63, 3.8) is 0 Å². The average molecular weight is 286 g/mol. The molecule has 1 saturated carbocycles. The van der Waals surface area contributed by atoms with Crippen molar-refractivity contribution in [1.29, 1.82) is 0 Å². The highest BCUT2D eigenvalue weighted by atomic mass is 32.1. The topological polar surface area (TPSA) is 34.1 Å². The Hall–Kier alpha value is -1.39. The van der Waals surface area contributed by atoms with Gasteiger partial charge in [0.25, 0.3) is 0 Å². The standard InChI is InChI=1S/C16H18N2OS/c1-10-15(9-17-12-6-7-12)20-16(18-10)14-8-11-4-2-3-5-13(11)19-14/h2-5,12,14,17H,6-9H2,1H3. The summed E-state index contributed by atoms with van der Waals surface area (Å²) >= 11 is 1.80. The molecule has 1 aromatic carbocycles. The highest BCUT2D eigenvalue weighted by Crippen LogP contribution is 2.38. The van der Waals surface area contributed by atoms with Gasteiger partial charge in [0.15, 0.2) is 6.10 Å². The molecule has 4 heteroatoms. The Kier molecular flexibility index (Phi) is 3.00. The third-order valence-electron chi connectivity index (χ3n) is 3.96. The minimum atomic E-state index is 0.103. The third-order valence-corrected chi connectivity index (χ3v) is 5.21. The number of nitrogens with one attached hydrogen (secondary N) is 1. The molecule has 1 aliphatic carbocycles. The second-order valence-electron chi connectivity index (χ2n) is 5.63. The first-order valence-corrected chi connectivity index (χ1v) is 8.05. The second kappa shape index (κ2) is 4.86. The molecule has 1 aromatic heterocycles. The molecule has 0 amide bonds. The van der Waals surface area contributed by atoms with Gasteiger partial charge in [-0.3, -0.25) is 0 Å². The molecule has 2 aliphatic rings. The van der Waals surface area contributed by atoms with Crippen molar-refractivity contribution < 1.29 is 4.74 Å². The molecule has 1 unspecified atom stereocenters. The van der Waals surface area contributed by atoms with E-state index in [1.807, 2.05) is 12.1 Å². The lowest BCUT2D eigenvalue weighted by atomic mass is 10.1. The summed E-state index contributed by atoms with van der Waals surface area (Å²) in [6.45, 7) is 3.06. The van der Waals surface area contributed by atoms with Crippen molar-refractivity contribution in [1.82, 2.24) is 10.3 Å². The first kappa shape index (κ1) is 12.4. The predicted molar refractivity (Wildman–Crippen MR) is 80.2 cm³/mol. The molecule has 1 N–H and O–H groups in total. The van der Waals surface area contributed by atoms with Gasteiger partial charge < -0.3 is 10.1 Å². The van der Waals surface area contributed by atoms with E-state index < -0.39 is 0 Å². The first-order valence-electron chi connectivity index (χ1n) is 7.24. The van der Waals surface area contributed by atoms with Crippen molar-refractivity contribution in [3.05, 3.63) is 45.4 Å². The van der Waals surface area contributed by atoms with E-state index in [2.05, 4.69) is 24.4 Å². The molecule has 2 heterocycles. The van der Waals surface area contributed by atoms with Crippen LogP contribution in [-0.4, -0.2) is 11.0 Å². The molecule has 3 nitrogen and oxygen atoms in total. The molecule has 1 aliphatic heterocycles. The Balaban J connectivity index is 1.50. The van der Waals surface area contributed by atoms with Crippen molar-refractivity contribution in [2.45, 2.75) is 44.9 Å². The van der Waals surface area contributed by atoms with Gasteiger partial charge in [0.2, 0.25) is 0 Å². The normalized spacial score (nSPS) is 20.8. The number of hydrogen-bond donors (Lipinski definition) is 1. The molecule has 0 radical (unpaired) electrons. The van der Waals surface area contributed by atoms with Crippen LogP contribution in [0.4, 0.5) is 0 Å². The molecule has 2 aromatic rings. The lowest BCUT2D eigenvalue weighted by Gasteiger charge is -2.06. The number of aryl methyl sites for hydroxylation is 1. The minimum Gasteiger partial charge on any atom is -0.483 e. The van der Waals surface area contributed by atoms with Gasteiger partial charge in [0, 0.05) is 23.9 Å². The van der Waals surface area contributed by atoms with Crippen LogP contribution >= 0.6 is 11.3 Å². The van der Waals surface area contributed by atoms with Crippen LogP contribution in [0.5, 0.6) is 5.75 Å². The fourth-order valence-electron chi connectivity index (χ4n) is 2.60. The number of nitrogens with zero attached hydrogens (tertiary/aromatic N) is 1. The zero-order valence-electron chi connectivity index (χ0n) is 11.6. The van der Waals surface area contributed by atoms with E-state index in [-0.39, 0.29) is 6.10 Å². The Morgan fingerprint density at radius 1 is 1.35 bits per heavy atom. The number of benzene rings is 1. The van der Waals surface area contributed by atoms with Gasteiger partial charge >= 0.3 is 0 Å². The molecule has 0 bridgehead atoms. The van der Waals surface area contributed by atoms with E-state index in [0.29, 0.717) is 0 Å². The van der Waals surface area contributed by atoms with Crippen LogP contribution in [0, 0.1) is 6.92 Å². The summed E-state index contributed by atoms with van der Waals surface area (Å²) in [6, 6.07) is 9.03. The quantitative estimate of drug-likeness (QED) is 0.935. The predicted octanol–water partition coefficient (Wildman–Crippen LogP) is 3.38. The van der Waals surface area contributed by atoms with E-state index in [9.17, 15) is 0 Å². The fraction of sp³-hybridized carbons (Fsp3) is 0.438. The summed E-state index contributed by atoms with van der Waals surface area (Å²) in [5.41, 5.74) is 2.45. The van der Waals surface area contributed by atoms with Crippen molar-refractivity contribution in [3.8, 4) is 5.75 Å². The number of rotatable bonds is 4.